The summed E-state index contributed by atoms with van der Waals surface area (Å²) in [5.74, 6) is 1.49. The van der Waals surface area contributed by atoms with Crippen molar-refractivity contribution >= 4 is 33.9 Å². The maximum Gasteiger partial charge on any atom is 0.159 e. The van der Waals surface area contributed by atoms with Crippen LogP contribution >= 0.6 is 0 Å². The lowest BCUT2D eigenvalue weighted by molar-refractivity contribution is 0.136. The van der Waals surface area contributed by atoms with E-state index in [2.05, 4.69) is 58.1 Å². The molecule has 1 aliphatic heterocycles. The Hall–Kier alpha value is -2.89. The molecular weight excluding hydrogens is 360 g/mol. The van der Waals surface area contributed by atoms with Crippen LogP contribution in [0.3, 0.4) is 0 Å². The van der Waals surface area contributed by atoms with Crippen LogP contribution < -0.4 is 16.0 Å². The van der Waals surface area contributed by atoms with Gasteiger partial charge in [0.15, 0.2) is 11.6 Å². The molecule has 0 radical (unpaired) electrons. The van der Waals surface area contributed by atoms with E-state index in [-0.39, 0.29) is 0 Å². The molecule has 2 unspecified atom stereocenters. The second-order valence-corrected chi connectivity index (χ2v) is 9.81. The summed E-state index contributed by atoms with van der Waals surface area (Å²) < 4.78 is 0. The van der Waals surface area contributed by atoms with Gasteiger partial charge in [-0.15, -0.1) is 0 Å². The largest absolute Gasteiger partial charge is 0.393 e. The van der Waals surface area contributed by atoms with Gasteiger partial charge in [0.25, 0.3) is 0 Å². The van der Waals surface area contributed by atoms with Crippen LogP contribution in [0.4, 0.5) is 23.0 Å². The van der Waals surface area contributed by atoms with E-state index in [4.69, 9.17) is 5.73 Å². The highest BCUT2D eigenvalue weighted by atomic mass is 15.3. The molecule has 3 heterocycles. The maximum atomic E-state index is 6.60. The van der Waals surface area contributed by atoms with Crippen molar-refractivity contribution in [3.8, 4) is 0 Å². The summed E-state index contributed by atoms with van der Waals surface area (Å²) in [6.45, 7) is 8.16. The van der Waals surface area contributed by atoms with Crippen molar-refractivity contribution in [2.75, 3.05) is 22.5 Å². The zero-order valence-electron chi connectivity index (χ0n) is 17.3. The molecule has 3 aromatic rings. The van der Waals surface area contributed by atoms with Gasteiger partial charge in [0.1, 0.15) is 12.0 Å². The average molecular weight is 389 g/mol. The molecule has 2 bridgehead atoms. The fourth-order valence-corrected chi connectivity index (χ4v) is 5.75. The standard InChI is InChI=1S/C23H28N6/c1-22(2)10-16-11-23(3,12-22)13-29(16)21-18(24)20(26-14-27-21)28-17-8-4-6-15-7-5-9-25-19(15)17/h4-9,14,16H,10-13,24H2,1-3H3,(H,26,27,28). The lowest BCUT2D eigenvalue weighted by Crippen LogP contribution is -2.35. The minimum absolute atomic E-state index is 0.316. The molecule has 2 atom stereocenters. The number of hydrogen-bond donors (Lipinski definition) is 2. The van der Waals surface area contributed by atoms with Crippen molar-refractivity contribution in [3.05, 3.63) is 42.9 Å². The first-order chi connectivity index (χ1) is 13.8. The molecule has 29 heavy (non-hydrogen) atoms. The zero-order chi connectivity index (χ0) is 20.2. The van der Waals surface area contributed by atoms with E-state index in [1.807, 2.05) is 18.2 Å². The quantitative estimate of drug-likeness (QED) is 0.674. The van der Waals surface area contributed by atoms with Crippen LogP contribution in [0.1, 0.15) is 40.0 Å². The van der Waals surface area contributed by atoms with E-state index in [1.54, 1.807) is 12.5 Å². The number of fused-ring (bicyclic) bond motifs is 3. The van der Waals surface area contributed by atoms with Crippen molar-refractivity contribution in [3.63, 3.8) is 0 Å². The van der Waals surface area contributed by atoms with Crippen LogP contribution in [0.2, 0.25) is 0 Å². The Morgan fingerprint density at radius 1 is 1.07 bits per heavy atom. The maximum absolute atomic E-state index is 6.60. The predicted molar refractivity (Wildman–Crippen MR) is 118 cm³/mol. The highest BCUT2D eigenvalue weighted by Gasteiger charge is 2.50. The van der Waals surface area contributed by atoms with Gasteiger partial charge in [0.05, 0.1) is 11.2 Å². The van der Waals surface area contributed by atoms with E-state index in [9.17, 15) is 0 Å². The molecule has 2 aromatic heterocycles. The SMILES string of the molecule is CC1(C)CC2CC(C)(CN2c2ncnc(Nc3cccc4cccnc34)c2N)C1. The topological polar surface area (TPSA) is 80.0 Å². The van der Waals surface area contributed by atoms with Crippen molar-refractivity contribution in [1.82, 2.24) is 15.0 Å². The summed E-state index contributed by atoms with van der Waals surface area (Å²) in [5, 5.41) is 4.48. The number of nitrogens with zero attached hydrogens (tertiary/aromatic N) is 4. The number of nitrogens with one attached hydrogen (secondary N) is 1. The van der Waals surface area contributed by atoms with Crippen LogP contribution in [0.25, 0.3) is 10.9 Å². The summed E-state index contributed by atoms with van der Waals surface area (Å²) in [7, 11) is 0. The summed E-state index contributed by atoms with van der Waals surface area (Å²) in [6.07, 6.45) is 7.03. The average Bonchev–Trinajstić information content (AvgIpc) is 2.92. The number of para-hydroxylation sites is 1. The molecule has 0 amide bonds. The second-order valence-electron chi connectivity index (χ2n) is 9.81. The number of benzene rings is 1. The minimum atomic E-state index is 0.316. The molecule has 1 aromatic carbocycles. The molecule has 6 nitrogen and oxygen atoms in total. The number of aromatic nitrogens is 3. The van der Waals surface area contributed by atoms with Gasteiger partial charge in [-0.1, -0.05) is 39.0 Å². The molecule has 1 saturated heterocycles. The molecule has 6 heteroatoms. The van der Waals surface area contributed by atoms with E-state index in [0.29, 0.717) is 28.4 Å². The molecular formula is C23H28N6. The third-order valence-electron chi connectivity index (χ3n) is 6.44. The normalized spacial score (nSPS) is 25.3. The number of nitrogen functional groups attached to an aromatic ring is 1. The number of pyridine rings is 1. The van der Waals surface area contributed by atoms with Crippen LogP contribution in [0, 0.1) is 10.8 Å². The van der Waals surface area contributed by atoms with E-state index < -0.39 is 0 Å². The molecule has 1 saturated carbocycles. The van der Waals surface area contributed by atoms with Gasteiger partial charge < -0.3 is 16.0 Å². The third-order valence-corrected chi connectivity index (χ3v) is 6.44. The van der Waals surface area contributed by atoms with Crippen molar-refractivity contribution in [2.24, 2.45) is 10.8 Å². The van der Waals surface area contributed by atoms with Gasteiger partial charge >= 0.3 is 0 Å². The first-order valence-corrected chi connectivity index (χ1v) is 10.3. The first kappa shape index (κ1) is 18.2. The summed E-state index contributed by atoms with van der Waals surface area (Å²) in [5.41, 5.74) is 9.67. The fraction of sp³-hybridized carbons (Fsp3) is 0.435. The molecule has 3 N–H and O–H groups in total. The molecule has 5 rings (SSSR count). The molecule has 0 spiro atoms. The van der Waals surface area contributed by atoms with Gasteiger partial charge in [-0.2, -0.15) is 0 Å². The van der Waals surface area contributed by atoms with Gasteiger partial charge in [0.2, 0.25) is 0 Å². The Morgan fingerprint density at radius 2 is 1.90 bits per heavy atom. The van der Waals surface area contributed by atoms with Gasteiger partial charge in [-0.25, -0.2) is 9.97 Å². The molecule has 150 valence electrons. The van der Waals surface area contributed by atoms with E-state index in [1.165, 1.54) is 19.3 Å². The lowest BCUT2D eigenvalue weighted by Gasteiger charge is -2.39. The number of anilines is 4. The number of hydrogen-bond acceptors (Lipinski definition) is 6. The Morgan fingerprint density at radius 3 is 2.76 bits per heavy atom. The Labute approximate surface area is 171 Å². The van der Waals surface area contributed by atoms with E-state index in [0.717, 1.165) is 29.0 Å². The zero-order valence-corrected chi connectivity index (χ0v) is 17.3. The summed E-state index contributed by atoms with van der Waals surface area (Å²) in [4.78, 5) is 16.0. The van der Waals surface area contributed by atoms with Crippen LogP contribution in [-0.4, -0.2) is 27.5 Å². The highest BCUT2D eigenvalue weighted by molar-refractivity contribution is 5.93. The first-order valence-electron chi connectivity index (χ1n) is 10.3. The Balaban J connectivity index is 1.50. The van der Waals surface area contributed by atoms with Crippen molar-refractivity contribution in [2.45, 2.75) is 46.1 Å². The molecule has 2 aliphatic rings. The van der Waals surface area contributed by atoms with Crippen LogP contribution in [0.15, 0.2) is 42.9 Å². The third kappa shape index (κ3) is 3.16. The van der Waals surface area contributed by atoms with Gasteiger partial charge in [-0.05, 0) is 42.2 Å². The van der Waals surface area contributed by atoms with Crippen molar-refractivity contribution < 1.29 is 0 Å². The lowest BCUT2D eigenvalue weighted by atomic mass is 9.65. The monoisotopic (exact) mass is 388 g/mol. The minimum Gasteiger partial charge on any atom is -0.393 e. The Bertz CT molecular complexity index is 1070. The smallest absolute Gasteiger partial charge is 0.159 e. The highest BCUT2D eigenvalue weighted by Crippen LogP contribution is 2.54. The molecule has 1 aliphatic carbocycles. The van der Waals surface area contributed by atoms with Crippen LogP contribution in [-0.2, 0) is 0 Å². The predicted octanol–water partition coefficient (Wildman–Crippen LogP) is 4.76. The summed E-state index contributed by atoms with van der Waals surface area (Å²) >= 11 is 0. The number of rotatable bonds is 3. The van der Waals surface area contributed by atoms with Crippen molar-refractivity contribution in [1.29, 1.82) is 0 Å². The van der Waals surface area contributed by atoms with Crippen LogP contribution in [0.5, 0.6) is 0 Å². The second kappa shape index (κ2) is 6.31. The van der Waals surface area contributed by atoms with Gasteiger partial charge in [-0.3, -0.25) is 4.98 Å². The molecule has 2 fully saturated rings. The number of nitrogens with two attached hydrogens (primary N) is 1. The summed E-state index contributed by atoms with van der Waals surface area (Å²) in [6, 6.07) is 10.5. The van der Waals surface area contributed by atoms with Gasteiger partial charge in [0, 0.05) is 24.2 Å². The van der Waals surface area contributed by atoms with E-state index >= 15 is 0 Å². The fourth-order valence-electron chi connectivity index (χ4n) is 5.75. The Kier molecular flexibility index (Phi) is 3.95.